The van der Waals surface area contributed by atoms with E-state index >= 15 is 0 Å². The van der Waals surface area contributed by atoms with Crippen LogP contribution >= 0.6 is 0 Å². The molecule has 0 atom stereocenters. The van der Waals surface area contributed by atoms with Crippen LogP contribution in [0.5, 0.6) is 0 Å². The molecule has 21 heavy (non-hydrogen) atoms. The molecule has 0 aliphatic carbocycles. The van der Waals surface area contributed by atoms with Gasteiger partial charge in [-0.1, -0.05) is 0 Å². The fourth-order valence-electron chi connectivity index (χ4n) is 1.64. The minimum atomic E-state index is -4.02. The largest absolute Gasteiger partial charge is 0.399 e. The lowest BCUT2D eigenvalue weighted by Gasteiger charge is -2.07. The van der Waals surface area contributed by atoms with Crippen LogP contribution in [-0.4, -0.2) is 35.1 Å². The van der Waals surface area contributed by atoms with E-state index < -0.39 is 25.5 Å². The van der Waals surface area contributed by atoms with Gasteiger partial charge in [0.1, 0.15) is 12.2 Å². The van der Waals surface area contributed by atoms with Gasteiger partial charge in [-0.15, -0.1) is 0 Å². The van der Waals surface area contributed by atoms with Gasteiger partial charge < -0.3 is 5.73 Å². The van der Waals surface area contributed by atoms with Crippen LogP contribution in [-0.2, 0) is 16.4 Å². The molecule has 0 radical (unpaired) electrons. The van der Waals surface area contributed by atoms with Crippen molar-refractivity contribution in [3.63, 3.8) is 0 Å². The van der Waals surface area contributed by atoms with Crippen molar-refractivity contribution < 1.29 is 13.3 Å². The van der Waals surface area contributed by atoms with Crippen LogP contribution in [0.15, 0.2) is 29.4 Å². The summed E-state index contributed by atoms with van der Waals surface area (Å²) in [6, 6.07) is 3.40. The molecule has 10 nitrogen and oxygen atoms in total. The molecule has 0 amide bonds. The van der Waals surface area contributed by atoms with Gasteiger partial charge in [0.05, 0.1) is 4.92 Å². The van der Waals surface area contributed by atoms with E-state index in [1.54, 1.807) is 0 Å². The fourth-order valence-corrected chi connectivity index (χ4v) is 2.82. The number of hydrogen-bond donors (Lipinski definition) is 3. The Balaban J connectivity index is 2.17. The summed E-state index contributed by atoms with van der Waals surface area (Å²) in [6.07, 6.45) is 1.58. The minimum Gasteiger partial charge on any atom is -0.399 e. The van der Waals surface area contributed by atoms with Crippen molar-refractivity contribution in [2.24, 2.45) is 0 Å². The molecule has 0 fully saturated rings. The van der Waals surface area contributed by atoms with Crippen molar-refractivity contribution in [1.29, 1.82) is 0 Å². The number of nitro benzene ring substituents is 1. The highest BCUT2D eigenvalue weighted by atomic mass is 32.2. The van der Waals surface area contributed by atoms with Crippen LogP contribution in [0.3, 0.4) is 0 Å². The number of nitro groups is 1. The van der Waals surface area contributed by atoms with Gasteiger partial charge in [0, 0.05) is 24.7 Å². The van der Waals surface area contributed by atoms with Crippen molar-refractivity contribution in [3.05, 3.63) is 40.5 Å². The quantitative estimate of drug-likeness (QED) is 0.379. The number of hydrogen-bond acceptors (Lipinski definition) is 7. The minimum absolute atomic E-state index is 0.0268. The van der Waals surface area contributed by atoms with Crippen LogP contribution in [0, 0.1) is 10.1 Å². The molecule has 112 valence electrons. The third-order valence-corrected chi connectivity index (χ3v) is 4.10. The van der Waals surface area contributed by atoms with Gasteiger partial charge in [0.25, 0.3) is 5.69 Å². The first-order chi connectivity index (χ1) is 9.90. The number of rotatable bonds is 6. The SMILES string of the molecule is Nc1ccc(S(=O)(=O)NCCc2ncn[nH]2)c([N+](=O)[O-])c1. The van der Waals surface area contributed by atoms with Gasteiger partial charge in [-0.05, 0) is 12.1 Å². The lowest BCUT2D eigenvalue weighted by Crippen LogP contribution is -2.27. The van der Waals surface area contributed by atoms with Crippen LogP contribution in [0.25, 0.3) is 0 Å². The molecule has 0 aliphatic heterocycles. The van der Waals surface area contributed by atoms with Crippen LogP contribution in [0.4, 0.5) is 11.4 Å². The number of aromatic nitrogens is 3. The van der Waals surface area contributed by atoms with Crippen molar-refractivity contribution in [2.75, 3.05) is 12.3 Å². The Morgan fingerprint density at radius 2 is 2.19 bits per heavy atom. The van der Waals surface area contributed by atoms with Crippen LogP contribution in [0.2, 0.25) is 0 Å². The Hall–Kier alpha value is -2.53. The number of nitrogen functional groups attached to an aromatic ring is 1. The van der Waals surface area contributed by atoms with Gasteiger partial charge in [-0.25, -0.2) is 18.1 Å². The average molecular weight is 312 g/mol. The third-order valence-electron chi connectivity index (χ3n) is 2.59. The lowest BCUT2D eigenvalue weighted by atomic mass is 10.3. The zero-order valence-electron chi connectivity index (χ0n) is 10.7. The topological polar surface area (TPSA) is 157 Å². The second-order valence-corrected chi connectivity index (χ2v) is 5.80. The average Bonchev–Trinajstić information content (AvgIpc) is 2.91. The standard InChI is InChI=1S/C10H12N6O4S/c11-7-1-2-9(8(5-7)16(17)18)21(19,20)14-4-3-10-12-6-13-15-10/h1-2,5-6,14H,3-4,11H2,(H,12,13,15). The Morgan fingerprint density at radius 1 is 1.43 bits per heavy atom. The number of benzene rings is 1. The first-order valence-electron chi connectivity index (χ1n) is 5.78. The van der Waals surface area contributed by atoms with Crippen molar-refractivity contribution in [2.45, 2.75) is 11.3 Å². The maximum atomic E-state index is 12.1. The number of nitrogens with one attached hydrogen (secondary N) is 2. The summed E-state index contributed by atoms with van der Waals surface area (Å²) < 4.78 is 26.5. The zero-order valence-corrected chi connectivity index (χ0v) is 11.5. The summed E-state index contributed by atoms with van der Waals surface area (Å²) in [7, 11) is -4.02. The molecule has 0 spiro atoms. The maximum Gasteiger partial charge on any atom is 0.291 e. The van der Waals surface area contributed by atoms with Gasteiger partial charge in [0.15, 0.2) is 4.90 Å². The molecule has 1 aromatic carbocycles. The molecule has 11 heteroatoms. The van der Waals surface area contributed by atoms with Gasteiger partial charge in [-0.3, -0.25) is 15.2 Å². The van der Waals surface area contributed by atoms with Gasteiger partial charge in [0.2, 0.25) is 10.0 Å². The number of nitrogens with zero attached hydrogens (tertiary/aromatic N) is 3. The molecule has 0 saturated carbocycles. The number of H-pyrrole nitrogens is 1. The normalized spacial score (nSPS) is 11.4. The van der Waals surface area contributed by atoms with Gasteiger partial charge >= 0.3 is 0 Å². The predicted molar refractivity (Wildman–Crippen MR) is 72.8 cm³/mol. The number of anilines is 1. The van der Waals surface area contributed by atoms with E-state index in [1.807, 2.05) is 0 Å². The van der Waals surface area contributed by atoms with E-state index in [9.17, 15) is 18.5 Å². The second kappa shape index (κ2) is 5.85. The van der Waals surface area contributed by atoms with E-state index in [4.69, 9.17) is 5.73 Å². The molecule has 1 aromatic heterocycles. The second-order valence-electron chi connectivity index (χ2n) is 4.06. The zero-order chi connectivity index (χ0) is 15.5. The molecular formula is C10H12N6O4S. The Labute approximate surface area is 119 Å². The molecule has 2 rings (SSSR count). The van der Waals surface area contributed by atoms with Crippen LogP contribution in [0.1, 0.15) is 5.82 Å². The Morgan fingerprint density at radius 3 is 2.81 bits per heavy atom. The molecule has 0 aliphatic rings. The van der Waals surface area contributed by atoms with Crippen molar-refractivity contribution in [3.8, 4) is 0 Å². The Bertz CT molecular complexity index is 743. The van der Waals surface area contributed by atoms with Crippen molar-refractivity contribution >= 4 is 21.4 Å². The van der Waals surface area contributed by atoms with Crippen LogP contribution < -0.4 is 10.5 Å². The number of nitrogens with two attached hydrogens (primary N) is 1. The highest BCUT2D eigenvalue weighted by molar-refractivity contribution is 7.89. The molecular weight excluding hydrogens is 300 g/mol. The summed E-state index contributed by atoms with van der Waals surface area (Å²) in [5, 5.41) is 17.1. The first-order valence-corrected chi connectivity index (χ1v) is 7.26. The smallest absolute Gasteiger partial charge is 0.291 e. The fraction of sp³-hybridized carbons (Fsp3) is 0.200. The molecule has 0 saturated heterocycles. The maximum absolute atomic E-state index is 12.1. The first kappa shape index (κ1) is 14.9. The summed E-state index contributed by atoms with van der Waals surface area (Å²) in [6.45, 7) is 0.0268. The molecule has 1 heterocycles. The van der Waals surface area contributed by atoms with E-state index in [1.165, 1.54) is 12.4 Å². The summed E-state index contributed by atoms with van der Waals surface area (Å²) in [5.41, 5.74) is 4.98. The van der Waals surface area contributed by atoms with Gasteiger partial charge in [-0.2, -0.15) is 5.10 Å². The van der Waals surface area contributed by atoms with E-state index in [0.29, 0.717) is 5.82 Å². The molecule has 0 unspecified atom stereocenters. The Kier molecular flexibility index (Phi) is 4.14. The predicted octanol–water partition coefficient (Wildman–Crippen LogP) is -0.184. The lowest BCUT2D eigenvalue weighted by molar-refractivity contribution is -0.387. The monoisotopic (exact) mass is 312 g/mol. The third kappa shape index (κ3) is 3.52. The highest BCUT2D eigenvalue weighted by Gasteiger charge is 2.25. The van der Waals surface area contributed by atoms with E-state index in [-0.39, 0.29) is 18.7 Å². The number of aromatic amines is 1. The molecule has 0 bridgehead atoms. The van der Waals surface area contributed by atoms with Crippen molar-refractivity contribution in [1.82, 2.24) is 19.9 Å². The molecule has 4 N–H and O–H groups in total. The number of sulfonamides is 1. The highest BCUT2D eigenvalue weighted by Crippen LogP contribution is 2.25. The summed E-state index contributed by atoms with van der Waals surface area (Å²) in [5.74, 6) is 0.504. The summed E-state index contributed by atoms with van der Waals surface area (Å²) >= 11 is 0. The van der Waals surface area contributed by atoms with E-state index in [0.717, 1.165) is 12.1 Å². The molecule has 2 aromatic rings. The summed E-state index contributed by atoms with van der Waals surface area (Å²) in [4.78, 5) is 13.5. The van der Waals surface area contributed by atoms with E-state index in [2.05, 4.69) is 19.9 Å².